The molecule has 12 rings (SSSR count). The number of nitrogens with zero attached hydrogens (tertiary/aromatic N) is 2. The molecule has 268 valence electrons. The summed E-state index contributed by atoms with van der Waals surface area (Å²) in [5.41, 5.74) is 15.4. The summed E-state index contributed by atoms with van der Waals surface area (Å²) < 4.78 is 12.9. The van der Waals surface area contributed by atoms with Gasteiger partial charge in [0.15, 0.2) is 5.82 Å². The minimum absolute atomic E-state index is 0.151. The minimum atomic E-state index is -0.151. The number of fused-ring (bicyclic) bond motifs is 10. The number of rotatable bonds is 4. The predicted octanol–water partition coefficient (Wildman–Crippen LogP) is 14.4. The molecule has 0 fully saturated rings. The summed E-state index contributed by atoms with van der Waals surface area (Å²) in [6.45, 7) is 4.70. The van der Waals surface area contributed by atoms with Crippen molar-refractivity contribution in [1.29, 1.82) is 0 Å². The van der Waals surface area contributed by atoms with Gasteiger partial charge in [-0.3, -0.25) is 0 Å². The molecule has 0 saturated heterocycles. The van der Waals surface area contributed by atoms with E-state index in [9.17, 15) is 0 Å². The van der Waals surface area contributed by atoms with Gasteiger partial charge in [0.05, 0.1) is 11.4 Å². The smallest absolute Gasteiger partial charge is 0.160 e. The van der Waals surface area contributed by atoms with Gasteiger partial charge in [0.1, 0.15) is 22.3 Å². The van der Waals surface area contributed by atoms with Crippen molar-refractivity contribution in [3.63, 3.8) is 0 Å². The molecule has 0 N–H and O–H groups in total. The quantitative estimate of drug-likeness (QED) is 0.181. The Hall–Kier alpha value is -7.30. The third-order valence-corrected chi connectivity index (χ3v) is 12.1. The van der Waals surface area contributed by atoms with E-state index in [1.165, 1.54) is 38.6 Å². The van der Waals surface area contributed by atoms with Crippen LogP contribution >= 0.6 is 0 Å². The van der Waals surface area contributed by atoms with Gasteiger partial charge in [-0.25, -0.2) is 9.97 Å². The standard InChI is InChI=1S/C53H34N2O2/c1-53(2)42-23-12-21-37(50(42)40-26-32-16-6-7-17-33(32)27-43(40)53)34-18-8-9-19-35(34)44-30-45(55-52(54-44)31-14-4-3-5-15-31)38-22-13-25-47-51(38)41-29-48-39(28-49(41)57-47)36-20-10-11-24-46(36)56-48/h3-30H,1-2H3. The molecular formula is C53H34N2O2. The van der Waals surface area contributed by atoms with Crippen LogP contribution in [0.5, 0.6) is 0 Å². The van der Waals surface area contributed by atoms with Gasteiger partial charge in [0.25, 0.3) is 0 Å². The van der Waals surface area contributed by atoms with E-state index in [1.807, 2.05) is 48.5 Å². The average molecular weight is 731 g/mol. The molecule has 1 aliphatic carbocycles. The second-order valence-electron chi connectivity index (χ2n) is 15.7. The molecule has 0 bridgehead atoms. The van der Waals surface area contributed by atoms with E-state index in [1.54, 1.807) is 0 Å². The van der Waals surface area contributed by atoms with Crippen molar-refractivity contribution < 1.29 is 8.83 Å². The van der Waals surface area contributed by atoms with E-state index in [0.29, 0.717) is 5.82 Å². The third kappa shape index (κ3) is 4.74. The molecule has 8 aromatic carbocycles. The number of hydrogen-bond acceptors (Lipinski definition) is 4. The first kappa shape index (κ1) is 32.0. The maximum absolute atomic E-state index is 6.58. The first-order valence-corrected chi connectivity index (χ1v) is 19.5. The second kappa shape index (κ2) is 11.8. The Labute approximate surface area is 328 Å². The van der Waals surface area contributed by atoms with Gasteiger partial charge in [-0.2, -0.15) is 0 Å². The fourth-order valence-corrected chi connectivity index (χ4v) is 9.34. The van der Waals surface area contributed by atoms with Gasteiger partial charge in [-0.05, 0) is 86.6 Å². The highest BCUT2D eigenvalue weighted by atomic mass is 16.3. The van der Waals surface area contributed by atoms with Crippen LogP contribution < -0.4 is 0 Å². The van der Waals surface area contributed by atoms with Crippen LogP contribution in [-0.2, 0) is 5.41 Å². The Morgan fingerprint density at radius 3 is 1.88 bits per heavy atom. The molecule has 0 spiro atoms. The number of benzene rings is 8. The lowest BCUT2D eigenvalue weighted by molar-refractivity contribution is 0.661. The fourth-order valence-electron chi connectivity index (χ4n) is 9.34. The van der Waals surface area contributed by atoms with Gasteiger partial charge in [0.2, 0.25) is 0 Å². The first-order valence-electron chi connectivity index (χ1n) is 19.5. The molecule has 11 aromatic rings. The van der Waals surface area contributed by atoms with Gasteiger partial charge >= 0.3 is 0 Å². The Morgan fingerprint density at radius 1 is 0.404 bits per heavy atom. The zero-order valence-corrected chi connectivity index (χ0v) is 31.4. The molecule has 0 amide bonds. The zero-order chi connectivity index (χ0) is 37.8. The van der Waals surface area contributed by atoms with Crippen LogP contribution in [0.25, 0.3) is 111 Å². The normalized spacial score (nSPS) is 13.2. The monoisotopic (exact) mass is 730 g/mol. The lowest BCUT2D eigenvalue weighted by atomic mass is 9.81. The number of para-hydroxylation sites is 1. The summed E-state index contributed by atoms with van der Waals surface area (Å²) in [5, 5.41) is 6.62. The molecule has 3 aromatic heterocycles. The zero-order valence-electron chi connectivity index (χ0n) is 31.4. The highest BCUT2D eigenvalue weighted by molar-refractivity contribution is 6.18. The van der Waals surface area contributed by atoms with Gasteiger partial charge in [-0.1, -0.05) is 141 Å². The van der Waals surface area contributed by atoms with Crippen LogP contribution in [0.1, 0.15) is 25.0 Å². The molecule has 0 aliphatic heterocycles. The lowest BCUT2D eigenvalue weighted by Crippen LogP contribution is -2.14. The van der Waals surface area contributed by atoms with Crippen LogP contribution in [0.3, 0.4) is 0 Å². The summed E-state index contributed by atoms with van der Waals surface area (Å²) in [4.78, 5) is 10.6. The Bertz CT molecular complexity index is 3440. The topological polar surface area (TPSA) is 52.1 Å². The van der Waals surface area contributed by atoms with E-state index >= 15 is 0 Å². The molecule has 0 saturated carbocycles. The lowest BCUT2D eigenvalue weighted by Gasteiger charge is -2.22. The van der Waals surface area contributed by atoms with Crippen molar-refractivity contribution in [2.75, 3.05) is 0 Å². The van der Waals surface area contributed by atoms with Gasteiger partial charge in [0, 0.05) is 43.7 Å². The Morgan fingerprint density at radius 2 is 1.02 bits per heavy atom. The van der Waals surface area contributed by atoms with E-state index in [4.69, 9.17) is 18.8 Å². The molecule has 0 atom stereocenters. The van der Waals surface area contributed by atoms with Crippen LogP contribution in [0.4, 0.5) is 0 Å². The highest BCUT2D eigenvalue weighted by Crippen LogP contribution is 2.54. The molecule has 57 heavy (non-hydrogen) atoms. The van der Waals surface area contributed by atoms with Gasteiger partial charge in [-0.15, -0.1) is 0 Å². The maximum atomic E-state index is 6.58. The number of aromatic nitrogens is 2. The summed E-state index contributed by atoms with van der Waals surface area (Å²) in [5.74, 6) is 0.665. The predicted molar refractivity (Wildman–Crippen MR) is 233 cm³/mol. The van der Waals surface area contributed by atoms with Crippen molar-refractivity contribution in [2.45, 2.75) is 19.3 Å². The van der Waals surface area contributed by atoms with E-state index in [0.717, 1.165) is 77.5 Å². The van der Waals surface area contributed by atoms with Crippen molar-refractivity contribution in [2.24, 2.45) is 0 Å². The minimum Gasteiger partial charge on any atom is -0.456 e. The average Bonchev–Trinajstić information content (AvgIpc) is 3.88. The van der Waals surface area contributed by atoms with Crippen LogP contribution in [0.15, 0.2) is 179 Å². The highest BCUT2D eigenvalue weighted by Gasteiger charge is 2.37. The van der Waals surface area contributed by atoms with Crippen molar-refractivity contribution in [3.05, 3.63) is 181 Å². The van der Waals surface area contributed by atoms with E-state index < -0.39 is 0 Å². The van der Waals surface area contributed by atoms with E-state index in [2.05, 4.69) is 135 Å². The van der Waals surface area contributed by atoms with Crippen molar-refractivity contribution in [3.8, 4) is 56.2 Å². The number of hydrogen-bond donors (Lipinski definition) is 0. The molecule has 1 aliphatic rings. The largest absolute Gasteiger partial charge is 0.456 e. The summed E-state index contributed by atoms with van der Waals surface area (Å²) >= 11 is 0. The van der Waals surface area contributed by atoms with E-state index in [-0.39, 0.29) is 5.41 Å². The van der Waals surface area contributed by atoms with Crippen LogP contribution in [0, 0.1) is 0 Å². The number of furan rings is 2. The third-order valence-electron chi connectivity index (χ3n) is 12.1. The Kier molecular flexibility index (Phi) is 6.65. The van der Waals surface area contributed by atoms with Crippen LogP contribution in [0.2, 0.25) is 0 Å². The summed E-state index contributed by atoms with van der Waals surface area (Å²) in [7, 11) is 0. The first-order chi connectivity index (χ1) is 28.0. The molecule has 0 radical (unpaired) electrons. The second-order valence-corrected chi connectivity index (χ2v) is 15.7. The summed E-state index contributed by atoms with van der Waals surface area (Å²) in [6, 6.07) is 59.9. The molecule has 4 heteroatoms. The van der Waals surface area contributed by atoms with Crippen molar-refractivity contribution >= 4 is 54.6 Å². The fraction of sp³-hybridized carbons (Fsp3) is 0.0566. The molecular weight excluding hydrogens is 697 g/mol. The molecule has 3 heterocycles. The maximum Gasteiger partial charge on any atom is 0.160 e. The van der Waals surface area contributed by atoms with Crippen LogP contribution in [-0.4, -0.2) is 9.97 Å². The molecule has 0 unspecified atom stereocenters. The molecule has 4 nitrogen and oxygen atoms in total. The SMILES string of the molecule is CC1(C)c2cc3ccccc3cc2-c2c(-c3ccccc3-c3cc(-c4cccc5oc6cc7c(cc6c45)oc4ccccc47)nc(-c4ccccc4)n3)cccc21. The van der Waals surface area contributed by atoms with Crippen molar-refractivity contribution in [1.82, 2.24) is 9.97 Å². The summed E-state index contributed by atoms with van der Waals surface area (Å²) in [6.07, 6.45) is 0. The van der Waals surface area contributed by atoms with Gasteiger partial charge < -0.3 is 8.83 Å². The Balaban J connectivity index is 1.09.